The van der Waals surface area contributed by atoms with Crippen molar-refractivity contribution in [2.45, 2.75) is 32.7 Å². The number of hydrogen-bond acceptors (Lipinski definition) is 5. The van der Waals surface area contributed by atoms with E-state index in [1.807, 2.05) is 20.9 Å². The number of hydrogen-bond donors (Lipinski definition) is 2. The third kappa shape index (κ3) is 3.23. The Bertz CT molecular complexity index is 594. The summed E-state index contributed by atoms with van der Waals surface area (Å²) in [6.07, 6.45) is 4.56. The van der Waals surface area contributed by atoms with Gasteiger partial charge in [-0.25, -0.2) is 9.97 Å². The first-order valence-corrected chi connectivity index (χ1v) is 6.77. The fraction of sp³-hybridized carbons (Fsp3) is 0.538. The molecule has 0 aliphatic rings. The number of amides is 1. The van der Waals surface area contributed by atoms with Crippen molar-refractivity contribution in [1.82, 2.24) is 25.1 Å². The van der Waals surface area contributed by atoms with Crippen LogP contribution in [0.15, 0.2) is 12.5 Å². The van der Waals surface area contributed by atoms with Gasteiger partial charge in [0.25, 0.3) is 0 Å². The maximum absolute atomic E-state index is 11.7. The predicted molar refractivity (Wildman–Crippen MR) is 77.3 cm³/mol. The van der Waals surface area contributed by atoms with E-state index in [0.29, 0.717) is 18.8 Å². The molecule has 7 heteroatoms. The van der Waals surface area contributed by atoms with Crippen LogP contribution in [0.4, 0.5) is 5.82 Å². The van der Waals surface area contributed by atoms with Crippen molar-refractivity contribution in [3.63, 3.8) is 0 Å². The summed E-state index contributed by atoms with van der Waals surface area (Å²) < 4.78 is 1.69. The summed E-state index contributed by atoms with van der Waals surface area (Å²) in [7, 11) is 1.83. The largest absolute Gasteiger partial charge is 0.369 e. The third-order valence-electron chi connectivity index (χ3n) is 3.19. The number of nitrogens with zero attached hydrogens (tertiary/aromatic N) is 4. The number of rotatable bonds is 6. The first-order valence-electron chi connectivity index (χ1n) is 6.77. The molecule has 1 unspecified atom stereocenters. The van der Waals surface area contributed by atoms with Crippen molar-refractivity contribution in [3.05, 3.63) is 12.5 Å². The second-order valence-electron chi connectivity index (χ2n) is 4.78. The van der Waals surface area contributed by atoms with Gasteiger partial charge in [-0.2, -0.15) is 5.10 Å². The molecule has 1 atom stereocenters. The van der Waals surface area contributed by atoms with Crippen LogP contribution < -0.4 is 10.6 Å². The predicted octanol–water partition coefficient (Wildman–Crippen LogP) is 1.08. The molecule has 2 aromatic heterocycles. The van der Waals surface area contributed by atoms with Crippen molar-refractivity contribution in [2.75, 3.05) is 11.9 Å². The summed E-state index contributed by atoms with van der Waals surface area (Å²) in [5, 5.41) is 11.1. The monoisotopic (exact) mass is 276 g/mol. The molecule has 0 saturated heterocycles. The van der Waals surface area contributed by atoms with Gasteiger partial charge in [0.2, 0.25) is 5.91 Å². The lowest BCUT2D eigenvalue weighted by atomic mass is 10.2. The average molecular weight is 276 g/mol. The third-order valence-corrected chi connectivity index (χ3v) is 3.19. The SMILES string of the molecule is CCC(C)NC(=O)CCNc1ncnc2c1cnn2C. The molecule has 0 aromatic carbocycles. The van der Waals surface area contributed by atoms with Gasteiger partial charge < -0.3 is 10.6 Å². The quantitative estimate of drug-likeness (QED) is 0.824. The first kappa shape index (κ1) is 14.2. The van der Waals surface area contributed by atoms with Crippen molar-refractivity contribution in [1.29, 1.82) is 0 Å². The second-order valence-corrected chi connectivity index (χ2v) is 4.78. The van der Waals surface area contributed by atoms with Gasteiger partial charge in [-0.1, -0.05) is 6.92 Å². The van der Waals surface area contributed by atoms with Gasteiger partial charge in [0.1, 0.15) is 12.1 Å². The van der Waals surface area contributed by atoms with E-state index in [1.54, 1.807) is 10.9 Å². The summed E-state index contributed by atoms with van der Waals surface area (Å²) in [6, 6.07) is 0.214. The van der Waals surface area contributed by atoms with E-state index in [2.05, 4.69) is 25.7 Å². The molecule has 0 spiro atoms. The van der Waals surface area contributed by atoms with Crippen LogP contribution in [0.5, 0.6) is 0 Å². The van der Waals surface area contributed by atoms with Crippen molar-refractivity contribution < 1.29 is 4.79 Å². The van der Waals surface area contributed by atoms with Gasteiger partial charge in [0.15, 0.2) is 5.65 Å². The number of carbonyl (C=O) groups excluding carboxylic acids is 1. The van der Waals surface area contributed by atoms with Gasteiger partial charge in [-0.05, 0) is 13.3 Å². The summed E-state index contributed by atoms with van der Waals surface area (Å²) in [5.41, 5.74) is 0.770. The van der Waals surface area contributed by atoms with Gasteiger partial charge >= 0.3 is 0 Å². The summed E-state index contributed by atoms with van der Waals surface area (Å²) in [4.78, 5) is 20.0. The molecule has 2 N–H and O–H groups in total. The van der Waals surface area contributed by atoms with Crippen LogP contribution in [0.1, 0.15) is 26.7 Å². The minimum Gasteiger partial charge on any atom is -0.369 e. The van der Waals surface area contributed by atoms with Crippen molar-refractivity contribution in [3.8, 4) is 0 Å². The van der Waals surface area contributed by atoms with Crippen LogP contribution in [0.3, 0.4) is 0 Å². The standard InChI is InChI=1S/C13H20N6O/c1-4-9(2)18-11(20)5-6-14-12-10-7-17-19(3)13(10)16-8-15-12/h7-9H,4-6H2,1-3H3,(H,18,20)(H,14,15,16). The number of carbonyl (C=O) groups is 1. The molecular weight excluding hydrogens is 256 g/mol. The summed E-state index contributed by atoms with van der Waals surface area (Å²) in [6.45, 7) is 4.57. The van der Waals surface area contributed by atoms with Crippen molar-refractivity contribution >= 4 is 22.8 Å². The Morgan fingerprint density at radius 3 is 3.00 bits per heavy atom. The highest BCUT2D eigenvalue weighted by Crippen LogP contribution is 2.17. The molecule has 0 radical (unpaired) electrons. The van der Waals surface area contributed by atoms with E-state index in [4.69, 9.17) is 0 Å². The second kappa shape index (κ2) is 6.31. The lowest BCUT2D eigenvalue weighted by Crippen LogP contribution is -2.33. The lowest BCUT2D eigenvalue weighted by molar-refractivity contribution is -0.121. The van der Waals surface area contributed by atoms with Gasteiger partial charge in [0.05, 0.1) is 11.6 Å². The van der Waals surface area contributed by atoms with E-state index in [9.17, 15) is 4.79 Å². The molecule has 0 saturated carbocycles. The zero-order chi connectivity index (χ0) is 14.5. The fourth-order valence-corrected chi connectivity index (χ4v) is 1.85. The smallest absolute Gasteiger partial charge is 0.221 e. The number of anilines is 1. The van der Waals surface area contributed by atoms with E-state index >= 15 is 0 Å². The molecule has 1 amide bonds. The highest BCUT2D eigenvalue weighted by atomic mass is 16.1. The Morgan fingerprint density at radius 2 is 2.25 bits per heavy atom. The fourth-order valence-electron chi connectivity index (χ4n) is 1.85. The Morgan fingerprint density at radius 1 is 1.45 bits per heavy atom. The molecule has 7 nitrogen and oxygen atoms in total. The number of nitrogens with one attached hydrogen (secondary N) is 2. The normalized spacial score (nSPS) is 12.3. The zero-order valence-corrected chi connectivity index (χ0v) is 12.1. The minimum atomic E-state index is 0.0448. The van der Waals surface area contributed by atoms with Crippen LogP contribution in [0, 0.1) is 0 Å². The van der Waals surface area contributed by atoms with Crippen LogP contribution in [0.2, 0.25) is 0 Å². The molecule has 108 valence electrons. The minimum absolute atomic E-state index is 0.0448. The van der Waals surface area contributed by atoms with Crippen LogP contribution in [-0.2, 0) is 11.8 Å². The van der Waals surface area contributed by atoms with Crippen LogP contribution in [-0.4, -0.2) is 38.2 Å². The van der Waals surface area contributed by atoms with E-state index < -0.39 is 0 Å². The molecule has 0 bridgehead atoms. The molecule has 2 heterocycles. The zero-order valence-electron chi connectivity index (χ0n) is 12.1. The summed E-state index contributed by atoms with van der Waals surface area (Å²) in [5.74, 6) is 0.753. The highest BCUT2D eigenvalue weighted by molar-refractivity contribution is 5.86. The maximum Gasteiger partial charge on any atom is 0.221 e. The molecule has 0 aliphatic carbocycles. The molecular formula is C13H20N6O. The molecule has 0 fully saturated rings. The lowest BCUT2D eigenvalue weighted by Gasteiger charge is -2.11. The Labute approximate surface area is 117 Å². The van der Waals surface area contributed by atoms with E-state index in [-0.39, 0.29) is 11.9 Å². The number of fused-ring (bicyclic) bond motifs is 1. The first-order chi connectivity index (χ1) is 9.61. The molecule has 2 rings (SSSR count). The maximum atomic E-state index is 11.7. The highest BCUT2D eigenvalue weighted by Gasteiger charge is 2.09. The van der Waals surface area contributed by atoms with Gasteiger partial charge in [-0.3, -0.25) is 9.48 Å². The number of aryl methyl sites for hydroxylation is 1. The van der Waals surface area contributed by atoms with Gasteiger partial charge in [0, 0.05) is 26.1 Å². The van der Waals surface area contributed by atoms with Crippen molar-refractivity contribution in [2.24, 2.45) is 7.05 Å². The van der Waals surface area contributed by atoms with E-state index in [1.165, 1.54) is 6.33 Å². The van der Waals surface area contributed by atoms with Crippen LogP contribution in [0.25, 0.3) is 11.0 Å². The Kier molecular flexibility index (Phi) is 4.49. The average Bonchev–Trinajstić information content (AvgIpc) is 2.81. The number of aromatic nitrogens is 4. The van der Waals surface area contributed by atoms with E-state index in [0.717, 1.165) is 17.5 Å². The van der Waals surface area contributed by atoms with Crippen LogP contribution >= 0.6 is 0 Å². The molecule has 2 aromatic rings. The Balaban J connectivity index is 1.92. The Hall–Kier alpha value is -2.18. The molecule has 0 aliphatic heterocycles. The topological polar surface area (TPSA) is 84.7 Å². The molecule has 20 heavy (non-hydrogen) atoms. The summed E-state index contributed by atoms with van der Waals surface area (Å²) >= 11 is 0. The van der Waals surface area contributed by atoms with Gasteiger partial charge in [-0.15, -0.1) is 0 Å².